The Morgan fingerprint density at radius 2 is 2.11 bits per heavy atom. The highest BCUT2D eigenvalue weighted by molar-refractivity contribution is 7.09. The third kappa shape index (κ3) is 2.82. The second kappa shape index (κ2) is 5.75. The zero-order chi connectivity index (χ0) is 13.1. The quantitative estimate of drug-likeness (QED) is 0.859. The minimum atomic E-state index is 0.959. The summed E-state index contributed by atoms with van der Waals surface area (Å²) in [7, 11) is 0. The minimum absolute atomic E-state index is 0.959. The van der Waals surface area contributed by atoms with Crippen LogP contribution < -0.4 is 0 Å². The Balaban J connectivity index is 1.74. The molecule has 0 aromatic carbocycles. The maximum absolute atomic E-state index is 4.47. The van der Waals surface area contributed by atoms with Gasteiger partial charge >= 0.3 is 0 Å². The van der Waals surface area contributed by atoms with Gasteiger partial charge in [0, 0.05) is 42.5 Å². The average Bonchev–Trinajstić information content (AvgIpc) is 2.86. The number of thiazole rings is 1. The fourth-order valence-corrected chi connectivity index (χ4v) is 3.28. The van der Waals surface area contributed by atoms with Crippen LogP contribution in [0.5, 0.6) is 0 Å². The molecule has 1 aliphatic heterocycles. The van der Waals surface area contributed by atoms with E-state index in [2.05, 4.69) is 26.8 Å². The van der Waals surface area contributed by atoms with E-state index in [9.17, 15) is 0 Å². The molecule has 0 radical (unpaired) electrons. The molecule has 2 aromatic rings. The maximum atomic E-state index is 4.47. The van der Waals surface area contributed by atoms with E-state index in [1.54, 1.807) is 17.7 Å². The topological polar surface area (TPSA) is 41.9 Å². The van der Waals surface area contributed by atoms with Crippen LogP contribution in [0.1, 0.15) is 28.9 Å². The molecule has 0 spiro atoms. The Hall–Kier alpha value is -1.33. The van der Waals surface area contributed by atoms with Crippen LogP contribution in [-0.2, 0) is 25.8 Å². The average molecular weight is 274 g/mol. The van der Waals surface area contributed by atoms with Gasteiger partial charge in [0.25, 0.3) is 0 Å². The van der Waals surface area contributed by atoms with Crippen LogP contribution in [0.4, 0.5) is 0 Å². The molecule has 4 nitrogen and oxygen atoms in total. The van der Waals surface area contributed by atoms with Gasteiger partial charge in [0.15, 0.2) is 0 Å². The predicted molar refractivity (Wildman–Crippen MR) is 76.2 cm³/mol. The largest absolute Gasteiger partial charge is 0.296 e. The summed E-state index contributed by atoms with van der Waals surface area (Å²) in [6.45, 7) is 5.26. The zero-order valence-corrected chi connectivity index (χ0v) is 12.0. The first-order chi connectivity index (χ1) is 9.36. The number of nitrogens with zero attached hydrogens (tertiary/aromatic N) is 4. The van der Waals surface area contributed by atoms with E-state index < -0.39 is 0 Å². The molecule has 0 saturated carbocycles. The molecule has 0 amide bonds. The Kier molecular flexibility index (Phi) is 3.84. The molecular formula is C14H18N4S. The smallest absolute Gasteiger partial charge is 0.115 e. The number of hydrogen-bond donors (Lipinski definition) is 0. The van der Waals surface area contributed by atoms with E-state index in [4.69, 9.17) is 0 Å². The predicted octanol–water partition coefficient (Wildman–Crippen LogP) is 2.10. The Morgan fingerprint density at radius 3 is 2.89 bits per heavy atom. The van der Waals surface area contributed by atoms with Gasteiger partial charge in [-0.1, -0.05) is 6.92 Å². The van der Waals surface area contributed by atoms with Gasteiger partial charge in [0.05, 0.1) is 6.54 Å². The van der Waals surface area contributed by atoms with Crippen LogP contribution in [0.2, 0.25) is 0 Å². The summed E-state index contributed by atoms with van der Waals surface area (Å²) >= 11 is 1.73. The molecule has 5 heteroatoms. The highest BCUT2D eigenvalue weighted by Gasteiger charge is 2.18. The van der Waals surface area contributed by atoms with Crippen LogP contribution in [0.15, 0.2) is 17.9 Å². The molecule has 2 aromatic heterocycles. The molecule has 0 atom stereocenters. The molecule has 0 aliphatic carbocycles. The standard InChI is InChI=1S/C14H18N4S/c1-2-12-11-3-6-18(9-14-15-5-8-19-14)7-4-13(11)17-10-16-12/h5,8,10H,2-4,6-7,9H2,1H3. The minimum Gasteiger partial charge on any atom is -0.296 e. The number of fused-ring (bicyclic) bond motifs is 1. The lowest BCUT2D eigenvalue weighted by Crippen LogP contribution is -2.25. The first-order valence-corrected chi connectivity index (χ1v) is 7.67. The normalized spacial score (nSPS) is 16.1. The fraction of sp³-hybridized carbons (Fsp3) is 0.500. The number of rotatable bonds is 3. The van der Waals surface area contributed by atoms with Gasteiger partial charge in [-0.3, -0.25) is 4.90 Å². The summed E-state index contributed by atoms with van der Waals surface area (Å²) in [5, 5.41) is 3.25. The van der Waals surface area contributed by atoms with Gasteiger partial charge in [-0.05, 0) is 18.4 Å². The Labute approximate surface area is 117 Å². The van der Waals surface area contributed by atoms with E-state index >= 15 is 0 Å². The third-order valence-corrected chi connectivity index (χ3v) is 4.41. The molecule has 100 valence electrons. The lowest BCUT2D eigenvalue weighted by Gasteiger charge is -2.17. The summed E-state index contributed by atoms with van der Waals surface area (Å²) in [6.07, 6.45) is 6.68. The molecular weight excluding hydrogens is 256 g/mol. The van der Waals surface area contributed by atoms with E-state index in [1.165, 1.54) is 22.0 Å². The molecule has 19 heavy (non-hydrogen) atoms. The van der Waals surface area contributed by atoms with Crippen molar-refractivity contribution in [3.63, 3.8) is 0 Å². The van der Waals surface area contributed by atoms with E-state index in [1.807, 2.05) is 11.6 Å². The third-order valence-electron chi connectivity index (χ3n) is 3.64. The molecule has 0 unspecified atom stereocenters. The second-order valence-electron chi connectivity index (χ2n) is 4.80. The highest BCUT2D eigenvalue weighted by Crippen LogP contribution is 2.18. The SMILES string of the molecule is CCc1ncnc2c1CCN(Cc1nccs1)CC2. The number of hydrogen-bond acceptors (Lipinski definition) is 5. The Morgan fingerprint density at radius 1 is 1.21 bits per heavy atom. The summed E-state index contributed by atoms with van der Waals surface area (Å²) < 4.78 is 0. The van der Waals surface area contributed by atoms with Gasteiger partial charge in [-0.2, -0.15) is 0 Å². The summed E-state index contributed by atoms with van der Waals surface area (Å²) in [4.78, 5) is 15.7. The van der Waals surface area contributed by atoms with Gasteiger partial charge in [0.2, 0.25) is 0 Å². The number of aryl methyl sites for hydroxylation is 1. The molecule has 3 rings (SSSR count). The van der Waals surface area contributed by atoms with Gasteiger partial charge in [-0.15, -0.1) is 11.3 Å². The summed E-state index contributed by atoms with van der Waals surface area (Å²) in [6, 6.07) is 0. The summed E-state index contributed by atoms with van der Waals surface area (Å²) in [5.74, 6) is 0. The zero-order valence-electron chi connectivity index (χ0n) is 11.2. The second-order valence-corrected chi connectivity index (χ2v) is 5.78. The van der Waals surface area contributed by atoms with Crippen molar-refractivity contribution in [2.75, 3.05) is 13.1 Å². The first kappa shape index (κ1) is 12.7. The van der Waals surface area contributed by atoms with Crippen molar-refractivity contribution < 1.29 is 0 Å². The van der Waals surface area contributed by atoms with Crippen molar-refractivity contribution in [1.29, 1.82) is 0 Å². The fourth-order valence-electron chi connectivity index (χ4n) is 2.63. The van der Waals surface area contributed by atoms with Crippen molar-refractivity contribution >= 4 is 11.3 Å². The van der Waals surface area contributed by atoms with E-state index in [0.717, 1.165) is 38.9 Å². The molecule has 1 aliphatic rings. The first-order valence-electron chi connectivity index (χ1n) is 6.79. The van der Waals surface area contributed by atoms with Crippen LogP contribution in [0.3, 0.4) is 0 Å². The van der Waals surface area contributed by atoms with E-state index in [0.29, 0.717) is 0 Å². The van der Waals surface area contributed by atoms with Crippen LogP contribution in [0.25, 0.3) is 0 Å². The van der Waals surface area contributed by atoms with E-state index in [-0.39, 0.29) is 0 Å². The highest BCUT2D eigenvalue weighted by atomic mass is 32.1. The van der Waals surface area contributed by atoms with Crippen LogP contribution >= 0.6 is 11.3 Å². The number of aromatic nitrogens is 3. The Bertz CT molecular complexity index is 538. The monoisotopic (exact) mass is 274 g/mol. The molecule has 0 saturated heterocycles. The van der Waals surface area contributed by atoms with Crippen LogP contribution in [-0.4, -0.2) is 32.9 Å². The maximum Gasteiger partial charge on any atom is 0.115 e. The van der Waals surface area contributed by atoms with Crippen molar-refractivity contribution in [3.8, 4) is 0 Å². The van der Waals surface area contributed by atoms with Crippen molar-refractivity contribution in [2.45, 2.75) is 32.7 Å². The van der Waals surface area contributed by atoms with Gasteiger partial charge in [0.1, 0.15) is 11.3 Å². The lowest BCUT2D eigenvalue weighted by molar-refractivity contribution is 0.278. The van der Waals surface area contributed by atoms with Crippen molar-refractivity contribution in [2.24, 2.45) is 0 Å². The lowest BCUT2D eigenvalue weighted by atomic mass is 10.1. The molecule has 0 N–H and O–H groups in total. The van der Waals surface area contributed by atoms with Gasteiger partial charge < -0.3 is 0 Å². The molecule has 3 heterocycles. The van der Waals surface area contributed by atoms with Crippen molar-refractivity contribution in [1.82, 2.24) is 19.9 Å². The molecule has 0 bridgehead atoms. The van der Waals surface area contributed by atoms with Crippen molar-refractivity contribution in [3.05, 3.63) is 39.9 Å². The summed E-state index contributed by atoms with van der Waals surface area (Å²) in [5.41, 5.74) is 3.85. The van der Waals surface area contributed by atoms with Gasteiger partial charge in [-0.25, -0.2) is 15.0 Å². The molecule has 0 fully saturated rings. The van der Waals surface area contributed by atoms with Crippen LogP contribution in [0, 0.1) is 0 Å².